The fourth-order valence-corrected chi connectivity index (χ4v) is 9.97. The van der Waals surface area contributed by atoms with Crippen LogP contribution in [0.5, 0.6) is 23.0 Å². The number of esters is 1. The molecule has 19 heteroatoms. The van der Waals surface area contributed by atoms with E-state index in [9.17, 15) is 45.1 Å². The Morgan fingerprint density at radius 2 is 0.898 bits per heavy atom. The average molecular weight is 1680 g/mol. The molecule has 1 atom stereocenters. The van der Waals surface area contributed by atoms with Gasteiger partial charge in [-0.05, 0) is 257 Å². The van der Waals surface area contributed by atoms with Crippen molar-refractivity contribution in [2.24, 2.45) is 59.2 Å². The molecule has 660 valence electrons. The molecule has 7 aromatic rings. The first-order chi connectivity index (χ1) is 54.8. The zero-order valence-electron chi connectivity index (χ0n) is 75.6. The van der Waals surface area contributed by atoms with Crippen LogP contribution in [0.25, 0.3) is 0 Å². The molecule has 11 nitrogen and oxygen atoms in total. The summed E-state index contributed by atoms with van der Waals surface area (Å²) in [5, 5.41) is 18.2. The molecule has 1 aromatic heterocycles. The topological polar surface area (TPSA) is 151 Å². The number of benzene rings is 6. The summed E-state index contributed by atoms with van der Waals surface area (Å²) in [5.74, 6) is 3.90. The van der Waals surface area contributed by atoms with Crippen LogP contribution < -0.4 is 18.9 Å². The number of carboxylic acids is 2. The van der Waals surface area contributed by atoms with Crippen molar-refractivity contribution in [2.45, 2.75) is 255 Å². The number of ether oxygens (including phenoxy) is 5. The predicted molar refractivity (Wildman–Crippen MR) is 476 cm³/mol. The second kappa shape index (κ2) is 62.3. The Hall–Kier alpha value is -8.90. The second-order valence-corrected chi connectivity index (χ2v) is 34.0. The number of methoxy groups -OCH3 is 1. The number of rotatable bonds is 30. The molecule has 0 spiro atoms. The van der Waals surface area contributed by atoms with E-state index in [0.29, 0.717) is 70.2 Å². The van der Waals surface area contributed by atoms with Crippen molar-refractivity contribution >= 4 is 29.5 Å². The van der Waals surface area contributed by atoms with Crippen LogP contribution in [0.3, 0.4) is 0 Å². The molecule has 0 aliphatic rings. The Morgan fingerprint density at radius 3 is 1.21 bits per heavy atom. The lowest BCUT2D eigenvalue weighted by Gasteiger charge is -2.21. The van der Waals surface area contributed by atoms with E-state index >= 15 is 0 Å². The van der Waals surface area contributed by atoms with Crippen molar-refractivity contribution in [1.29, 1.82) is 0 Å². The number of hydrogen-bond donors (Lipinski definition) is 2. The zero-order chi connectivity index (χ0) is 91.2. The van der Waals surface area contributed by atoms with Crippen LogP contribution in [0.1, 0.15) is 235 Å². The molecule has 0 radical (unpaired) electrons. The maximum atomic E-state index is 12.7. The van der Waals surface area contributed by atoms with Crippen LogP contribution in [-0.2, 0) is 59.5 Å². The summed E-state index contributed by atoms with van der Waals surface area (Å²) in [6.07, 6.45) is 2.67. The highest BCUT2D eigenvalue weighted by atomic mass is 35.5. The van der Waals surface area contributed by atoms with Gasteiger partial charge in [0.1, 0.15) is 41.1 Å². The molecule has 7 rings (SSSR count). The second-order valence-electron chi connectivity index (χ2n) is 33.6. The van der Waals surface area contributed by atoms with Crippen LogP contribution in [0.4, 0.5) is 30.7 Å². The molecule has 0 aliphatic heterocycles. The third-order valence-corrected chi connectivity index (χ3v) is 15.4. The minimum atomic E-state index is -4.44. The number of allylic oxidation sites excluding steroid dienone is 3. The minimum absolute atomic E-state index is 0.261. The van der Waals surface area contributed by atoms with Gasteiger partial charge in [-0.3, -0.25) is 0 Å². The highest BCUT2D eigenvalue weighted by Crippen LogP contribution is 2.29. The van der Waals surface area contributed by atoms with E-state index in [4.69, 9.17) is 36.0 Å². The third-order valence-electron chi connectivity index (χ3n) is 15.1. The minimum Gasteiger partial charge on any atom is -0.487 e. The quantitative estimate of drug-likeness (QED) is 0.0252. The maximum Gasteiger partial charge on any atom is 0.461 e. The van der Waals surface area contributed by atoms with Crippen molar-refractivity contribution in [3.05, 3.63) is 256 Å². The van der Waals surface area contributed by atoms with Crippen LogP contribution in [0.2, 0.25) is 5.02 Å². The predicted octanol–water partition coefficient (Wildman–Crippen LogP) is 28.8. The van der Waals surface area contributed by atoms with Crippen molar-refractivity contribution in [3.8, 4) is 23.0 Å². The highest BCUT2D eigenvalue weighted by molar-refractivity contribution is 6.31. The van der Waals surface area contributed by atoms with E-state index in [1.54, 1.807) is 36.4 Å². The lowest BCUT2D eigenvalue weighted by molar-refractivity contribution is -0.253. The van der Waals surface area contributed by atoms with Crippen molar-refractivity contribution in [1.82, 2.24) is 4.98 Å². The smallest absolute Gasteiger partial charge is 0.461 e. The number of halogens is 8. The molecule has 118 heavy (non-hydrogen) atoms. The van der Waals surface area contributed by atoms with Gasteiger partial charge in [-0.25, -0.2) is 32.5 Å². The van der Waals surface area contributed by atoms with Gasteiger partial charge in [-0.15, -0.1) is 19.7 Å². The summed E-state index contributed by atoms with van der Waals surface area (Å²) in [6.45, 7) is 62.8. The van der Waals surface area contributed by atoms with Gasteiger partial charge < -0.3 is 33.9 Å². The normalized spacial score (nSPS) is 11.0. The summed E-state index contributed by atoms with van der Waals surface area (Å²) in [7, 11) is 1.34. The van der Waals surface area contributed by atoms with Crippen LogP contribution in [-0.4, -0.2) is 64.5 Å². The number of pyridine rings is 1. The molecule has 6 aromatic carbocycles. The number of nitrogens with zero attached hydrogens (tertiary/aromatic N) is 1. The number of carbonyl (C=O) groups excluding carboxylic acids is 1. The van der Waals surface area contributed by atoms with Gasteiger partial charge in [-0.1, -0.05) is 241 Å². The van der Waals surface area contributed by atoms with E-state index in [1.807, 2.05) is 107 Å². The lowest BCUT2D eigenvalue weighted by Crippen LogP contribution is -2.37. The van der Waals surface area contributed by atoms with Gasteiger partial charge >= 0.3 is 30.4 Å². The van der Waals surface area contributed by atoms with E-state index in [1.165, 1.54) is 93.0 Å². The summed E-state index contributed by atoms with van der Waals surface area (Å²) in [4.78, 5) is 37.2. The average Bonchev–Trinajstić information content (AvgIpc) is 0.840. The molecular formula is C99H143ClF7NO10. The summed E-state index contributed by atoms with van der Waals surface area (Å²) < 4.78 is 112. The van der Waals surface area contributed by atoms with E-state index in [2.05, 4.69) is 171 Å². The lowest BCUT2D eigenvalue weighted by atomic mass is 10.0. The molecule has 0 amide bonds. The van der Waals surface area contributed by atoms with Gasteiger partial charge in [0.2, 0.25) is 0 Å². The molecule has 1 unspecified atom stereocenters. The molecule has 0 fully saturated rings. The first kappa shape index (κ1) is 113. The third kappa shape index (κ3) is 60.6. The fourth-order valence-electron chi connectivity index (χ4n) is 9.72. The summed E-state index contributed by atoms with van der Waals surface area (Å²) in [6, 6.07) is 42.8. The van der Waals surface area contributed by atoms with Gasteiger partial charge in [0, 0.05) is 5.02 Å². The molecule has 0 saturated carbocycles. The van der Waals surface area contributed by atoms with Crippen molar-refractivity contribution in [3.63, 3.8) is 0 Å². The SMILES string of the molecule is C=C(C)CC(C)C.C=CC(C)C.C=CCC(C)C.CC(C)C.CC(C)Cc1ccc(F)c(F)c1.CC(C)Cc1ccc(F)cc1Cl.CC(C)Cc1ccc(OC(C)(C)C(=O)O)cc1.CC(C)Cc1ccc(OC(C)C(=O)O)cc1.CC(C)Cc1ccc(OC(F)(F)C(F)F)cc1.COC(=O)c1cccc(COc2ccc(CC(C)C)cc2)n1. The highest BCUT2D eigenvalue weighted by Gasteiger charge is 2.44. The molecular weight excluding hydrogens is 1530 g/mol. The Labute approximate surface area is 710 Å². The summed E-state index contributed by atoms with van der Waals surface area (Å²) in [5.41, 5.74) is 7.67. The first-order valence-electron chi connectivity index (χ1n) is 40.7. The Kier molecular flexibility index (Phi) is 59.8. The largest absolute Gasteiger partial charge is 0.487 e. The van der Waals surface area contributed by atoms with Gasteiger partial charge in [0.15, 0.2) is 23.3 Å². The Morgan fingerprint density at radius 1 is 0.508 bits per heavy atom. The molecule has 1 heterocycles. The van der Waals surface area contributed by atoms with Crippen molar-refractivity contribution < 1.29 is 79.0 Å². The number of alkyl halides is 4. The first-order valence-corrected chi connectivity index (χ1v) is 41.1. The Bertz CT molecular complexity index is 3850. The molecule has 2 N–H and O–H groups in total. The Balaban J connectivity index is -0.00000129. The van der Waals surface area contributed by atoms with Gasteiger partial charge in [0.05, 0.1) is 12.8 Å². The number of hydrogen-bond acceptors (Lipinski definition) is 9. The fraction of sp³-hybridized carbons (Fsp3) is 0.495. The van der Waals surface area contributed by atoms with E-state index in [0.717, 1.165) is 85.1 Å². The van der Waals surface area contributed by atoms with E-state index in [-0.39, 0.29) is 17.3 Å². The number of aromatic nitrogens is 1. The monoisotopic (exact) mass is 1670 g/mol. The van der Waals surface area contributed by atoms with E-state index < -0.39 is 53.8 Å². The number of aliphatic carboxylic acids is 2. The zero-order valence-corrected chi connectivity index (χ0v) is 76.4. The van der Waals surface area contributed by atoms with Crippen LogP contribution in [0, 0.1) is 76.6 Å². The van der Waals surface area contributed by atoms with Crippen LogP contribution in [0.15, 0.2) is 189 Å². The molecule has 0 saturated heterocycles. The van der Waals surface area contributed by atoms with Gasteiger partial charge in [-0.2, -0.15) is 17.6 Å². The summed E-state index contributed by atoms with van der Waals surface area (Å²) >= 11 is 5.83. The van der Waals surface area contributed by atoms with Crippen LogP contribution >= 0.6 is 11.6 Å². The maximum absolute atomic E-state index is 12.7. The van der Waals surface area contributed by atoms with Crippen molar-refractivity contribution in [2.75, 3.05) is 7.11 Å². The van der Waals surface area contributed by atoms with Gasteiger partial charge in [0.25, 0.3) is 0 Å². The molecule has 0 bridgehead atoms. The standard InChI is InChI=1S/C18H21NO3.C14H20O3.C13H18O3.C12H14F4O.C10H12ClF.C10H12F2.C7H14.C6H12.C5H10.C4H10/c1-13(2)11-14-7-9-16(10-8-14)22-12-15-5-4-6-17(19-15)18(20)21-3;1-10(2)9-11-5-7-12(8-6-11)17-14(3,4)13(15)16;1-9(2)8-11-4-6-12(7-5-11)16-10(3)13(14)15;1-8(2)7-9-3-5-10(6-4-9)17-12(15,16)11(13)14;1-7(2)5-8-3-4-9(12)6-10(8)11;1-7(2)5-8-3-4-9(11)10(12)6-8;1-6(2)5-7(3)4;1-4-5-6(2)3;1-4-5(2)3;1-4(2)3/h4-10,13H,11-12H2,1-3H3;5-8,10H,9H2,1-4H3,(H,15,16);4-7,9-10H,8H2,1-3H3,(H,14,15);3-6,8,11H,7H2,1-2H3;2*3-4,6-7H,5H2,1-2H3;7H,1,5H2,2-4H3;4,6H,1,5H2,2-3H3;4-5H,1H2,2-3H3;4H,1-3H3. The number of carboxylic acid groups (broad SMARTS) is 2. The molecule has 0 aliphatic carbocycles. The number of carbonyl (C=O) groups is 3.